The Morgan fingerprint density at radius 1 is 1.47 bits per heavy atom. The van der Waals surface area contributed by atoms with Gasteiger partial charge in [0.2, 0.25) is 0 Å². The second-order valence-electron chi connectivity index (χ2n) is 4.71. The fourth-order valence-corrected chi connectivity index (χ4v) is 2.22. The number of rotatable bonds is 6. The largest absolute Gasteiger partial charge is 0.481 e. The maximum Gasteiger partial charge on any atom is 0.311 e. The standard InChI is InChI=1S/C14H21NO2/c1-3-7-14(10-15,13(16)17)9-12-6-4-5-11(2)8-12/h4-6,8H,3,7,9-10,15H2,1-2H3,(H,16,17). The molecule has 1 rings (SSSR count). The van der Waals surface area contributed by atoms with E-state index >= 15 is 0 Å². The van der Waals surface area contributed by atoms with Gasteiger partial charge < -0.3 is 10.8 Å². The number of aryl methyl sites for hydroxylation is 1. The molecule has 0 spiro atoms. The van der Waals surface area contributed by atoms with Gasteiger partial charge in [0, 0.05) is 6.54 Å². The van der Waals surface area contributed by atoms with Crippen LogP contribution in [0.1, 0.15) is 30.9 Å². The summed E-state index contributed by atoms with van der Waals surface area (Å²) in [5.74, 6) is -0.789. The molecule has 0 heterocycles. The first-order valence-corrected chi connectivity index (χ1v) is 6.03. The highest BCUT2D eigenvalue weighted by Crippen LogP contribution is 2.28. The third-order valence-electron chi connectivity index (χ3n) is 3.20. The van der Waals surface area contributed by atoms with E-state index in [-0.39, 0.29) is 6.54 Å². The zero-order valence-electron chi connectivity index (χ0n) is 10.6. The van der Waals surface area contributed by atoms with Crippen LogP contribution in [0.3, 0.4) is 0 Å². The molecule has 3 heteroatoms. The number of carboxylic acids is 1. The highest BCUT2D eigenvalue weighted by atomic mass is 16.4. The van der Waals surface area contributed by atoms with Crippen LogP contribution in [0, 0.1) is 12.3 Å². The molecule has 0 aliphatic heterocycles. The molecular weight excluding hydrogens is 214 g/mol. The van der Waals surface area contributed by atoms with E-state index in [9.17, 15) is 9.90 Å². The third-order valence-corrected chi connectivity index (χ3v) is 3.20. The summed E-state index contributed by atoms with van der Waals surface area (Å²) in [7, 11) is 0. The Hall–Kier alpha value is -1.35. The second-order valence-corrected chi connectivity index (χ2v) is 4.71. The number of hydrogen-bond donors (Lipinski definition) is 2. The van der Waals surface area contributed by atoms with Crippen LogP contribution in [0.5, 0.6) is 0 Å². The van der Waals surface area contributed by atoms with Gasteiger partial charge in [-0.1, -0.05) is 43.2 Å². The molecule has 0 bridgehead atoms. The fraction of sp³-hybridized carbons (Fsp3) is 0.500. The Bertz CT molecular complexity index is 390. The molecular formula is C14H21NO2. The van der Waals surface area contributed by atoms with E-state index in [0.29, 0.717) is 12.8 Å². The minimum absolute atomic E-state index is 0.185. The molecule has 0 amide bonds. The molecule has 0 aliphatic carbocycles. The second kappa shape index (κ2) is 5.82. The summed E-state index contributed by atoms with van der Waals surface area (Å²) in [4.78, 5) is 11.5. The van der Waals surface area contributed by atoms with Gasteiger partial charge in [0.25, 0.3) is 0 Å². The van der Waals surface area contributed by atoms with Crippen LogP contribution in [0.25, 0.3) is 0 Å². The smallest absolute Gasteiger partial charge is 0.311 e. The minimum Gasteiger partial charge on any atom is -0.481 e. The van der Waals surface area contributed by atoms with Crippen molar-refractivity contribution in [3.8, 4) is 0 Å². The number of nitrogens with two attached hydrogens (primary N) is 1. The summed E-state index contributed by atoms with van der Waals surface area (Å²) in [5, 5.41) is 9.41. The molecule has 1 atom stereocenters. The lowest BCUT2D eigenvalue weighted by Gasteiger charge is -2.27. The Kier molecular flexibility index (Phi) is 4.70. The van der Waals surface area contributed by atoms with Crippen LogP contribution >= 0.6 is 0 Å². The molecule has 0 radical (unpaired) electrons. The summed E-state index contributed by atoms with van der Waals surface area (Å²) >= 11 is 0. The highest BCUT2D eigenvalue weighted by molar-refractivity contribution is 5.75. The zero-order chi connectivity index (χ0) is 12.9. The molecule has 3 N–H and O–H groups in total. The molecule has 0 saturated heterocycles. The van der Waals surface area contributed by atoms with Crippen molar-refractivity contribution in [2.45, 2.75) is 33.1 Å². The molecule has 1 aromatic carbocycles. The number of benzene rings is 1. The number of carboxylic acid groups (broad SMARTS) is 1. The summed E-state index contributed by atoms with van der Waals surface area (Å²) in [6.45, 7) is 4.18. The van der Waals surface area contributed by atoms with Gasteiger partial charge in [0.15, 0.2) is 0 Å². The first-order chi connectivity index (χ1) is 8.04. The van der Waals surface area contributed by atoms with Crippen molar-refractivity contribution in [1.82, 2.24) is 0 Å². The first kappa shape index (κ1) is 13.7. The van der Waals surface area contributed by atoms with Gasteiger partial charge in [-0.25, -0.2) is 0 Å². The SMILES string of the molecule is CCCC(CN)(Cc1cccc(C)c1)C(=O)O. The van der Waals surface area contributed by atoms with Crippen molar-refractivity contribution in [3.63, 3.8) is 0 Å². The van der Waals surface area contributed by atoms with E-state index in [1.54, 1.807) is 0 Å². The molecule has 0 saturated carbocycles. The summed E-state index contributed by atoms with van der Waals surface area (Å²) < 4.78 is 0. The fourth-order valence-electron chi connectivity index (χ4n) is 2.22. The topological polar surface area (TPSA) is 63.3 Å². The molecule has 17 heavy (non-hydrogen) atoms. The first-order valence-electron chi connectivity index (χ1n) is 6.03. The van der Waals surface area contributed by atoms with Crippen molar-refractivity contribution in [2.24, 2.45) is 11.1 Å². The van der Waals surface area contributed by atoms with Crippen LogP contribution in [0.2, 0.25) is 0 Å². The summed E-state index contributed by atoms with van der Waals surface area (Å²) in [6, 6.07) is 7.97. The molecule has 94 valence electrons. The van der Waals surface area contributed by atoms with Gasteiger partial charge in [-0.3, -0.25) is 4.79 Å². The molecule has 1 unspecified atom stereocenters. The molecule has 3 nitrogen and oxygen atoms in total. The maximum atomic E-state index is 11.5. The molecule has 0 aliphatic rings. The third kappa shape index (κ3) is 3.30. The van der Waals surface area contributed by atoms with Gasteiger partial charge in [-0.2, -0.15) is 0 Å². The average molecular weight is 235 g/mol. The lowest BCUT2D eigenvalue weighted by atomic mass is 9.78. The van der Waals surface area contributed by atoms with Gasteiger partial charge in [-0.05, 0) is 25.3 Å². The van der Waals surface area contributed by atoms with Crippen LogP contribution in [-0.4, -0.2) is 17.6 Å². The zero-order valence-corrected chi connectivity index (χ0v) is 10.6. The van der Waals surface area contributed by atoms with E-state index in [4.69, 9.17) is 5.73 Å². The van der Waals surface area contributed by atoms with E-state index in [2.05, 4.69) is 0 Å². The maximum absolute atomic E-state index is 11.5. The van der Waals surface area contributed by atoms with Crippen molar-refractivity contribution in [3.05, 3.63) is 35.4 Å². The minimum atomic E-state index is -0.817. The van der Waals surface area contributed by atoms with Crippen molar-refractivity contribution in [1.29, 1.82) is 0 Å². The van der Waals surface area contributed by atoms with Crippen molar-refractivity contribution in [2.75, 3.05) is 6.54 Å². The van der Waals surface area contributed by atoms with E-state index < -0.39 is 11.4 Å². The summed E-state index contributed by atoms with van der Waals surface area (Å²) in [5.41, 5.74) is 7.08. The predicted molar refractivity (Wildman–Crippen MR) is 68.9 cm³/mol. The van der Waals surface area contributed by atoms with E-state index in [0.717, 1.165) is 17.5 Å². The monoisotopic (exact) mass is 235 g/mol. The van der Waals surface area contributed by atoms with Crippen LogP contribution in [0.15, 0.2) is 24.3 Å². The Labute approximate surface area is 103 Å². The molecule has 1 aromatic rings. The molecule has 0 aromatic heterocycles. The van der Waals surface area contributed by atoms with Gasteiger partial charge >= 0.3 is 5.97 Å². The van der Waals surface area contributed by atoms with Crippen LogP contribution in [0.4, 0.5) is 0 Å². The number of aliphatic carboxylic acids is 1. The Balaban J connectivity index is 2.96. The normalized spacial score (nSPS) is 14.3. The predicted octanol–water partition coefficient (Wildman–Crippen LogP) is 2.37. The van der Waals surface area contributed by atoms with Crippen molar-refractivity contribution < 1.29 is 9.90 Å². The number of hydrogen-bond acceptors (Lipinski definition) is 2. The van der Waals surface area contributed by atoms with Crippen LogP contribution in [-0.2, 0) is 11.2 Å². The van der Waals surface area contributed by atoms with Gasteiger partial charge in [-0.15, -0.1) is 0 Å². The average Bonchev–Trinajstić information content (AvgIpc) is 2.28. The highest BCUT2D eigenvalue weighted by Gasteiger charge is 2.36. The Morgan fingerprint density at radius 2 is 2.18 bits per heavy atom. The van der Waals surface area contributed by atoms with Gasteiger partial charge in [0.1, 0.15) is 0 Å². The lowest BCUT2D eigenvalue weighted by molar-refractivity contribution is -0.148. The van der Waals surface area contributed by atoms with Crippen LogP contribution < -0.4 is 5.73 Å². The van der Waals surface area contributed by atoms with E-state index in [1.807, 2.05) is 38.1 Å². The summed E-state index contributed by atoms with van der Waals surface area (Å²) in [6.07, 6.45) is 1.95. The quantitative estimate of drug-likeness (QED) is 0.795. The number of carbonyl (C=O) groups is 1. The molecule has 0 fully saturated rings. The lowest BCUT2D eigenvalue weighted by Crippen LogP contribution is -2.40. The van der Waals surface area contributed by atoms with Gasteiger partial charge in [0.05, 0.1) is 5.41 Å². The van der Waals surface area contributed by atoms with E-state index in [1.165, 1.54) is 0 Å². The Morgan fingerprint density at radius 3 is 2.65 bits per heavy atom. The van der Waals surface area contributed by atoms with Crippen molar-refractivity contribution >= 4 is 5.97 Å².